The van der Waals surface area contributed by atoms with Crippen LogP contribution in [0.15, 0.2) is 29.5 Å². The first-order chi connectivity index (χ1) is 12.1. The number of amides is 1. The molecule has 0 unspecified atom stereocenters. The van der Waals surface area contributed by atoms with E-state index in [-0.39, 0.29) is 17.0 Å². The number of hydrogen-bond donors (Lipinski definition) is 1. The van der Waals surface area contributed by atoms with Crippen LogP contribution in [0.3, 0.4) is 0 Å². The predicted molar refractivity (Wildman–Crippen MR) is 92.7 cm³/mol. The first-order valence-corrected chi connectivity index (χ1v) is 8.44. The van der Waals surface area contributed by atoms with Crippen molar-refractivity contribution in [2.24, 2.45) is 5.92 Å². The van der Waals surface area contributed by atoms with E-state index in [1.807, 2.05) is 13.8 Å². The molecule has 7 heteroatoms. The number of nitrogens with one attached hydrogen (secondary N) is 1. The van der Waals surface area contributed by atoms with Gasteiger partial charge in [-0.05, 0) is 44.7 Å². The van der Waals surface area contributed by atoms with Gasteiger partial charge in [0.2, 0.25) is 5.88 Å². The zero-order chi connectivity index (χ0) is 17.8. The molecule has 0 spiro atoms. The van der Waals surface area contributed by atoms with Gasteiger partial charge >= 0.3 is 0 Å². The Kier molecular flexibility index (Phi) is 5.11. The fourth-order valence-electron chi connectivity index (χ4n) is 2.92. The Labute approximate surface area is 146 Å². The van der Waals surface area contributed by atoms with E-state index in [1.165, 1.54) is 12.5 Å². The van der Waals surface area contributed by atoms with E-state index in [1.54, 1.807) is 17.0 Å². The molecule has 1 fully saturated rings. The molecular formula is C18H22N4O3. The maximum absolute atomic E-state index is 12.4. The number of aromatic amines is 1. The van der Waals surface area contributed by atoms with Crippen molar-refractivity contribution >= 4 is 5.91 Å². The van der Waals surface area contributed by atoms with Gasteiger partial charge in [-0.25, -0.2) is 9.97 Å². The largest absolute Gasteiger partial charge is 0.477 e. The normalized spacial score (nSPS) is 15.2. The molecular weight excluding hydrogens is 320 g/mol. The van der Waals surface area contributed by atoms with Gasteiger partial charge < -0.3 is 14.6 Å². The number of aryl methyl sites for hydroxylation is 1. The van der Waals surface area contributed by atoms with Gasteiger partial charge in [0.05, 0.1) is 6.61 Å². The number of carbonyl (C=O) groups excluding carboxylic acids is 1. The molecule has 3 heterocycles. The molecule has 25 heavy (non-hydrogen) atoms. The van der Waals surface area contributed by atoms with Crippen LogP contribution in [0.5, 0.6) is 5.88 Å². The minimum Gasteiger partial charge on any atom is -0.477 e. The number of ether oxygens (including phenoxy) is 1. The van der Waals surface area contributed by atoms with Gasteiger partial charge in [0.1, 0.15) is 11.9 Å². The first-order valence-electron chi connectivity index (χ1n) is 8.44. The topological polar surface area (TPSA) is 88.2 Å². The summed E-state index contributed by atoms with van der Waals surface area (Å²) in [7, 11) is 0. The molecule has 1 N–H and O–H groups in total. The summed E-state index contributed by atoms with van der Waals surface area (Å²) < 4.78 is 5.85. The van der Waals surface area contributed by atoms with E-state index < -0.39 is 0 Å². The van der Waals surface area contributed by atoms with Crippen molar-refractivity contribution in [3.05, 3.63) is 51.8 Å². The number of pyridine rings is 1. The van der Waals surface area contributed by atoms with E-state index in [0.717, 1.165) is 24.1 Å². The fourth-order valence-corrected chi connectivity index (χ4v) is 2.92. The molecule has 1 aliphatic rings. The number of piperidine rings is 1. The molecule has 0 atom stereocenters. The van der Waals surface area contributed by atoms with Gasteiger partial charge in [0.15, 0.2) is 0 Å². The summed E-state index contributed by atoms with van der Waals surface area (Å²) in [5, 5.41) is 0. The Bertz CT molecular complexity index is 810. The van der Waals surface area contributed by atoms with Crippen molar-refractivity contribution in [2.75, 3.05) is 19.7 Å². The van der Waals surface area contributed by atoms with Crippen LogP contribution in [0.2, 0.25) is 0 Å². The highest BCUT2D eigenvalue weighted by atomic mass is 16.5. The number of hydrogen-bond acceptors (Lipinski definition) is 5. The summed E-state index contributed by atoms with van der Waals surface area (Å²) in [5.41, 5.74) is 1.73. The molecule has 3 rings (SSSR count). The van der Waals surface area contributed by atoms with Crippen LogP contribution in [-0.2, 0) is 0 Å². The lowest BCUT2D eigenvalue weighted by molar-refractivity contribution is 0.0657. The summed E-state index contributed by atoms with van der Waals surface area (Å²) in [4.78, 5) is 36.8. The molecule has 0 bridgehead atoms. The third-order valence-electron chi connectivity index (χ3n) is 4.70. The van der Waals surface area contributed by atoms with Crippen LogP contribution in [0, 0.1) is 19.8 Å². The maximum atomic E-state index is 12.4. The van der Waals surface area contributed by atoms with Gasteiger partial charge in [0.25, 0.3) is 11.5 Å². The molecule has 0 aliphatic carbocycles. The minimum atomic E-state index is -0.340. The molecule has 1 saturated heterocycles. The molecule has 2 aromatic heterocycles. The molecule has 0 aromatic carbocycles. The van der Waals surface area contributed by atoms with E-state index >= 15 is 0 Å². The fraction of sp³-hybridized carbons (Fsp3) is 0.444. The summed E-state index contributed by atoms with van der Waals surface area (Å²) in [6, 6.07) is 3.23. The quantitative estimate of drug-likeness (QED) is 0.914. The molecule has 1 amide bonds. The zero-order valence-corrected chi connectivity index (χ0v) is 14.5. The number of H-pyrrole nitrogens is 1. The highest BCUT2D eigenvalue weighted by Gasteiger charge is 2.25. The third kappa shape index (κ3) is 3.87. The number of nitrogens with zero attached hydrogens (tertiary/aromatic N) is 3. The Morgan fingerprint density at radius 1 is 1.32 bits per heavy atom. The van der Waals surface area contributed by atoms with Crippen LogP contribution in [0.1, 0.15) is 34.5 Å². The minimum absolute atomic E-state index is 0.198. The van der Waals surface area contributed by atoms with Crippen molar-refractivity contribution in [3.8, 4) is 5.88 Å². The summed E-state index contributed by atoms with van der Waals surface area (Å²) in [6.45, 7) is 5.71. The predicted octanol–water partition coefficient (Wildman–Crippen LogP) is 1.71. The van der Waals surface area contributed by atoms with E-state index in [4.69, 9.17) is 4.74 Å². The molecule has 2 aromatic rings. The van der Waals surface area contributed by atoms with E-state index in [0.29, 0.717) is 31.5 Å². The van der Waals surface area contributed by atoms with Crippen molar-refractivity contribution in [2.45, 2.75) is 26.7 Å². The van der Waals surface area contributed by atoms with E-state index in [9.17, 15) is 9.59 Å². The van der Waals surface area contributed by atoms with Crippen LogP contribution >= 0.6 is 0 Å². The Morgan fingerprint density at radius 3 is 2.80 bits per heavy atom. The monoisotopic (exact) mass is 342 g/mol. The third-order valence-corrected chi connectivity index (χ3v) is 4.70. The van der Waals surface area contributed by atoms with Crippen molar-refractivity contribution in [1.82, 2.24) is 19.9 Å². The average molecular weight is 342 g/mol. The van der Waals surface area contributed by atoms with Gasteiger partial charge in [-0.15, -0.1) is 0 Å². The molecule has 0 saturated carbocycles. The Morgan fingerprint density at radius 2 is 2.08 bits per heavy atom. The van der Waals surface area contributed by atoms with Gasteiger partial charge in [-0.1, -0.05) is 0 Å². The molecule has 0 radical (unpaired) electrons. The molecule has 132 valence electrons. The summed E-state index contributed by atoms with van der Waals surface area (Å²) in [5.74, 6) is 0.790. The molecule has 7 nitrogen and oxygen atoms in total. The van der Waals surface area contributed by atoms with Crippen LogP contribution in [0.4, 0.5) is 0 Å². The second-order valence-corrected chi connectivity index (χ2v) is 6.35. The van der Waals surface area contributed by atoms with Crippen LogP contribution in [-0.4, -0.2) is 45.5 Å². The Balaban J connectivity index is 1.54. The van der Waals surface area contributed by atoms with Crippen molar-refractivity contribution in [1.29, 1.82) is 0 Å². The average Bonchev–Trinajstić information content (AvgIpc) is 2.63. The highest BCUT2D eigenvalue weighted by molar-refractivity contribution is 5.93. The van der Waals surface area contributed by atoms with Crippen molar-refractivity contribution in [3.63, 3.8) is 0 Å². The number of aromatic nitrogens is 3. The lowest BCUT2D eigenvalue weighted by Crippen LogP contribution is -2.41. The summed E-state index contributed by atoms with van der Waals surface area (Å²) in [6.07, 6.45) is 4.73. The number of rotatable bonds is 4. The van der Waals surface area contributed by atoms with Crippen LogP contribution in [0.25, 0.3) is 0 Å². The lowest BCUT2D eigenvalue weighted by Gasteiger charge is -2.31. The standard InChI is InChI=1S/C18H22N4O3/c1-12-13(2)20-11-21-17(12)25-10-14-5-8-22(9-6-14)18(24)15-4-3-7-19-16(15)23/h3-4,7,11,14H,5-6,8-10H2,1-2H3,(H,19,23). The van der Waals surface area contributed by atoms with Crippen molar-refractivity contribution < 1.29 is 9.53 Å². The summed E-state index contributed by atoms with van der Waals surface area (Å²) >= 11 is 0. The number of carbonyl (C=O) groups is 1. The molecule has 1 aliphatic heterocycles. The van der Waals surface area contributed by atoms with Crippen LogP contribution < -0.4 is 10.3 Å². The second kappa shape index (κ2) is 7.46. The van der Waals surface area contributed by atoms with E-state index in [2.05, 4.69) is 15.0 Å². The second-order valence-electron chi connectivity index (χ2n) is 6.35. The number of likely N-dealkylation sites (tertiary alicyclic amines) is 1. The maximum Gasteiger partial charge on any atom is 0.260 e. The SMILES string of the molecule is Cc1ncnc(OCC2CCN(C(=O)c3ccc[nH]c3=O)CC2)c1C. The van der Waals surface area contributed by atoms with Gasteiger partial charge in [0, 0.05) is 30.5 Å². The van der Waals surface area contributed by atoms with Gasteiger partial charge in [-0.2, -0.15) is 0 Å². The first kappa shape index (κ1) is 17.1. The smallest absolute Gasteiger partial charge is 0.260 e. The Hall–Kier alpha value is -2.70. The lowest BCUT2D eigenvalue weighted by atomic mass is 9.97. The van der Waals surface area contributed by atoms with Gasteiger partial charge in [-0.3, -0.25) is 9.59 Å². The highest BCUT2D eigenvalue weighted by Crippen LogP contribution is 2.21. The zero-order valence-electron chi connectivity index (χ0n) is 14.5.